The van der Waals surface area contributed by atoms with Crippen LogP contribution in [0.25, 0.3) is 0 Å². The fourth-order valence-electron chi connectivity index (χ4n) is 4.46. The largest absolute Gasteiger partial charge is 0.493 e. The number of aliphatic hydroxyl groups is 2. The highest BCUT2D eigenvalue weighted by Crippen LogP contribution is 2.51. The lowest BCUT2D eigenvalue weighted by Crippen LogP contribution is -2.57. The van der Waals surface area contributed by atoms with Crippen molar-refractivity contribution in [2.45, 2.75) is 31.1 Å². The van der Waals surface area contributed by atoms with E-state index < -0.39 is 30.1 Å². The minimum absolute atomic E-state index is 0.0167. The summed E-state index contributed by atoms with van der Waals surface area (Å²) in [5, 5.41) is 23.2. The zero-order valence-corrected chi connectivity index (χ0v) is 20.1. The lowest BCUT2D eigenvalue weighted by molar-refractivity contribution is -0.142. The molecule has 0 saturated heterocycles. The van der Waals surface area contributed by atoms with Gasteiger partial charge in [-0.2, -0.15) is 0 Å². The van der Waals surface area contributed by atoms with Gasteiger partial charge >= 0.3 is 0 Å². The van der Waals surface area contributed by atoms with E-state index in [4.69, 9.17) is 18.9 Å². The van der Waals surface area contributed by atoms with Crippen molar-refractivity contribution in [2.24, 2.45) is 0 Å². The Balaban J connectivity index is 2.09. The van der Waals surface area contributed by atoms with Crippen LogP contribution in [0.4, 0.5) is 0 Å². The zero-order chi connectivity index (χ0) is 25.5. The van der Waals surface area contributed by atoms with Gasteiger partial charge in [0, 0.05) is 43.5 Å². The van der Waals surface area contributed by atoms with Crippen LogP contribution in [-0.2, 0) is 19.1 Å². The molecule has 11 nitrogen and oxygen atoms in total. The number of nitrogens with zero attached hydrogens (tertiary/aromatic N) is 1. The van der Waals surface area contributed by atoms with Gasteiger partial charge in [0.25, 0.3) is 0 Å². The molecule has 4 unspecified atom stereocenters. The van der Waals surface area contributed by atoms with Crippen molar-refractivity contribution in [3.63, 3.8) is 0 Å². The summed E-state index contributed by atoms with van der Waals surface area (Å²) in [5.74, 6) is -0.981. The number of fused-ring (bicyclic) bond motifs is 3. The molecule has 3 rings (SSSR count). The van der Waals surface area contributed by atoms with Crippen LogP contribution in [0, 0.1) is 0 Å². The number of aliphatic hydroxyl groups excluding tert-OH is 2. The van der Waals surface area contributed by atoms with Crippen molar-refractivity contribution in [1.29, 1.82) is 0 Å². The van der Waals surface area contributed by atoms with Gasteiger partial charge in [-0.15, -0.1) is 0 Å². The number of aldehydes is 1. The first-order valence-corrected chi connectivity index (χ1v) is 11.4. The highest BCUT2D eigenvalue weighted by Gasteiger charge is 2.51. The maximum atomic E-state index is 13.2. The first-order valence-electron chi connectivity index (χ1n) is 11.4. The maximum absolute atomic E-state index is 13.2. The SMILES string of the molecule is CCOCC(=O)N(CCOC)C1C=C(C(=O)NCCO)C2c3cc(C=O)cc(OC)c3OC2C1O. The molecule has 4 atom stereocenters. The van der Waals surface area contributed by atoms with Gasteiger partial charge in [-0.1, -0.05) is 0 Å². The summed E-state index contributed by atoms with van der Waals surface area (Å²) in [7, 11) is 2.92. The van der Waals surface area contributed by atoms with E-state index in [-0.39, 0.29) is 44.4 Å². The molecule has 0 bridgehead atoms. The van der Waals surface area contributed by atoms with E-state index in [1.54, 1.807) is 13.0 Å². The monoisotopic (exact) mass is 492 g/mol. The predicted molar refractivity (Wildman–Crippen MR) is 124 cm³/mol. The number of amides is 2. The molecule has 0 fully saturated rings. The number of ether oxygens (including phenoxy) is 4. The number of rotatable bonds is 12. The number of nitrogens with one attached hydrogen (secondary N) is 1. The molecule has 2 amide bonds. The Bertz CT molecular complexity index is 965. The number of carbonyl (C=O) groups is 3. The number of methoxy groups -OCH3 is 2. The maximum Gasteiger partial charge on any atom is 0.249 e. The lowest BCUT2D eigenvalue weighted by Gasteiger charge is -2.40. The number of hydrogen-bond acceptors (Lipinski definition) is 9. The van der Waals surface area contributed by atoms with Crippen molar-refractivity contribution in [2.75, 3.05) is 53.7 Å². The van der Waals surface area contributed by atoms with E-state index in [1.165, 1.54) is 31.3 Å². The number of hydrogen-bond donors (Lipinski definition) is 3. The molecule has 1 aromatic rings. The van der Waals surface area contributed by atoms with E-state index >= 15 is 0 Å². The van der Waals surface area contributed by atoms with Crippen LogP contribution in [0.15, 0.2) is 23.8 Å². The van der Waals surface area contributed by atoms with Crippen LogP contribution in [0.3, 0.4) is 0 Å². The summed E-state index contributed by atoms with van der Waals surface area (Å²) < 4.78 is 21.9. The van der Waals surface area contributed by atoms with E-state index in [9.17, 15) is 24.6 Å². The quantitative estimate of drug-likeness (QED) is 0.333. The standard InChI is InChI=1S/C24H32N2O9/c1-4-34-13-19(29)26(6-8-32-2)17-11-16(24(31)25-5-7-27)20-15-9-14(12-28)10-18(33-3)22(15)35-23(20)21(17)30/h9-12,17,20-21,23,27,30H,4-8,13H2,1-3H3,(H,25,31). The van der Waals surface area contributed by atoms with Gasteiger partial charge in [-0.25, -0.2) is 0 Å². The molecule has 1 aromatic carbocycles. The molecule has 2 aliphatic rings. The second-order valence-corrected chi connectivity index (χ2v) is 8.12. The summed E-state index contributed by atoms with van der Waals surface area (Å²) >= 11 is 0. The van der Waals surface area contributed by atoms with Crippen LogP contribution < -0.4 is 14.8 Å². The minimum Gasteiger partial charge on any atom is -0.493 e. The van der Waals surface area contributed by atoms with Crippen molar-refractivity contribution in [3.05, 3.63) is 34.9 Å². The van der Waals surface area contributed by atoms with E-state index in [1.807, 2.05) is 0 Å². The van der Waals surface area contributed by atoms with Gasteiger partial charge in [0.1, 0.15) is 25.1 Å². The fourth-order valence-corrected chi connectivity index (χ4v) is 4.46. The normalized spacial score (nSPS) is 22.4. The van der Waals surface area contributed by atoms with Crippen LogP contribution >= 0.6 is 0 Å². The third kappa shape index (κ3) is 5.48. The van der Waals surface area contributed by atoms with Crippen molar-refractivity contribution in [3.8, 4) is 11.5 Å². The molecule has 0 aromatic heterocycles. The second-order valence-electron chi connectivity index (χ2n) is 8.12. The van der Waals surface area contributed by atoms with Gasteiger partial charge < -0.3 is 39.4 Å². The first-order chi connectivity index (χ1) is 16.9. The first kappa shape index (κ1) is 26.6. The smallest absolute Gasteiger partial charge is 0.249 e. The van der Waals surface area contributed by atoms with Gasteiger partial charge in [0.05, 0.1) is 32.3 Å². The number of carbonyl (C=O) groups excluding carboxylic acids is 3. The molecule has 1 aliphatic heterocycles. The average Bonchev–Trinajstić information content (AvgIpc) is 3.26. The van der Waals surface area contributed by atoms with E-state index in [0.717, 1.165) is 0 Å². The molecule has 0 radical (unpaired) electrons. The summed E-state index contributed by atoms with van der Waals surface area (Å²) in [6.45, 7) is 2.01. The van der Waals surface area contributed by atoms with Crippen molar-refractivity contribution in [1.82, 2.24) is 10.2 Å². The van der Waals surface area contributed by atoms with Crippen molar-refractivity contribution < 1.29 is 43.5 Å². The van der Waals surface area contributed by atoms with Crippen molar-refractivity contribution >= 4 is 18.1 Å². The Morgan fingerprint density at radius 3 is 2.69 bits per heavy atom. The van der Waals surface area contributed by atoms with Crippen LogP contribution in [0.2, 0.25) is 0 Å². The Hall–Kier alpha value is -2.99. The summed E-state index contributed by atoms with van der Waals surface area (Å²) in [6.07, 6.45) is 0.0484. The van der Waals surface area contributed by atoms with Gasteiger partial charge in [0.2, 0.25) is 11.8 Å². The minimum atomic E-state index is -1.21. The Morgan fingerprint density at radius 1 is 1.29 bits per heavy atom. The summed E-state index contributed by atoms with van der Waals surface area (Å²) in [4.78, 5) is 39.1. The van der Waals surface area contributed by atoms with Gasteiger partial charge in [-0.05, 0) is 25.1 Å². The highest BCUT2D eigenvalue weighted by atomic mass is 16.5. The summed E-state index contributed by atoms with van der Waals surface area (Å²) in [5.41, 5.74) is 1.09. The molecule has 1 heterocycles. The number of benzene rings is 1. The fraction of sp³-hybridized carbons (Fsp3) is 0.542. The van der Waals surface area contributed by atoms with Crippen LogP contribution in [-0.4, -0.2) is 105 Å². The molecule has 1 aliphatic carbocycles. The zero-order valence-electron chi connectivity index (χ0n) is 20.1. The van der Waals surface area contributed by atoms with E-state index in [2.05, 4.69) is 5.32 Å². The lowest BCUT2D eigenvalue weighted by atomic mass is 9.77. The Morgan fingerprint density at radius 2 is 2.06 bits per heavy atom. The van der Waals surface area contributed by atoms with Crippen LogP contribution in [0.1, 0.15) is 28.8 Å². The third-order valence-electron chi connectivity index (χ3n) is 6.06. The summed E-state index contributed by atoms with van der Waals surface area (Å²) in [6, 6.07) is 2.19. The molecule has 35 heavy (non-hydrogen) atoms. The molecule has 3 N–H and O–H groups in total. The highest BCUT2D eigenvalue weighted by molar-refractivity contribution is 5.96. The molecular weight excluding hydrogens is 460 g/mol. The topological polar surface area (TPSA) is 144 Å². The van der Waals surface area contributed by atoms with Gasteiger partial charge in [-0.3, -0.25) is 14.4 Å². The molecule has 0 saturated carbocycles. The van der Waals surface area contributed by atoms with Gasteiger partial charge in [0.15, 0.2) is 11.5 Å². The molecule has 0 spiro atoms. The molecule has 11 heteroatoms. The molecular formula is C24H32N2O9. The Labute approximate surface area is 203 Å². The predicted octanol–water partition coefficient (Wildman–Crippen LogP) is -0.358. The van der Waals surface area contributed by atoms with Crippen LogP contribution in [0.5, 0.6) is 11.5 Å². The Kier molecular flexibility index (Phi) is 9.21. The third-order valence-corrected chi connectivity index (χ3v) is 6.06. The molecule has 192 valence electrons. The average molecular weight is 493 g/mol. The second kappa shape index (κ2) is 12.1. The van der Waals surface area contributed by atoms with E-state index in [0.29, 0.717) is 35.5 Å².